The predicted octanol–water partition coefficient (Wildman–Crippen LogP) is 2.80. The number of likely N-dealkylation sites (tertiary alicyclic amines) is 1. The van der Waals surface area contributed by atoms with Crippen LogP contribution in [0.3, 0.4) is 0 Å². The first-order valence-electron chi connectivity index (χ1n) is 11.0. The van der Waals surface area contributed by atoms with E-state index in [1.807, 2.05) is 42.5 Å². The SMILES string of the molecule is Cn1cc(C(=O)NC2CCN(C(=O)COc3ccc(OCc4ccccc4)cc3)CC2)cn1. The molecule has 0 bridgehead atoms. The molecule has 1 aromatic heterocycles. The molecule has 2 heterocycles. The Bertz CT molecular complexity index is 1060. The standard InChI is InChI=1S/C25H28N4O4/c1-28-16-20(15-26-28)25(31)27-21-11-13-29(14-12-21)24(30)18-33-23-9-7-22(8-10-23)32-17-19-5-3-2-4-6-19/h2-10,15-16,21H,11-14,17-18H2,1H3,(H,27,31). The molecule has 0 atom stereocenters. The number of rotatable bonds is 8. The number of nitrogens with one attached hydrogen (secondary N) is 1. The van der Waals surface area contributed by atoms with Gasteiger partial charge in [0.2, 0.25) is 0 Å². The van der Waals surface area contributed by atoms with Crippen molar-refractivity contribution in [3.8, 4) is 11.5 Å². The van der Waals surface area contributed by atoms with Gasteiger partial charge in [0.25, 0.3) is 11.8 Å². The third-order valence-electron chi connectivity index (χ3n) is 5.58. The molecule has 1 aliphatic rings. The molecular weight excluding hydrogens is 420 g/mol. The molecule has 1 N–H and O–H groups in total. The van der Waals surface area contributed by atoms with Crippen LogP contribution >= 0.6 is 0 Å². The molecule has 0 unspecified atom stereocenters. The lowest BCUT2D eigenvalue weighted by atomic mass is 10.0. The van der Waals surface area contributed by atoms with Crippen molar-refractivity contribution in [3.05, 3.63) is 78.1 Å². The van der Waals surface area contributed by atoms with E-state index < -0.39 is 0 Å². The zero-order valence-electron chi connectivity index (χ0n) is 18.6. The fraction of sp³-hybridized carbons (Fsp3) is 0.320. The van der Waals surface area contributed by atoms with Crippen molar-refractivity contribution in [2.45, 2.75) is 25.5 Å². The van der Waals surface area contributed by atoms with Crippen molar-refractivity contribution in [1.82, 2.24) is 20.0 Å². The average molecular weight is 449 g/mol. The highest BCUT2D eigenvalue weighted by atomic mass is 16.5. The zero-order valence-corrected chi connectivity index (χ0v) is 18.6. The first-order valence-corrected chi connectivity index (χ1v) is 11.0. The van der Waals surface area contributed by atoms with Gasteiger partial charge in [-0.15, -0.1) is 0 Å². The molecule has 2 aromatic carbocycles. The molecule has 1 fully saturated rings. The van der Waals surface area contributed by atoms with Crippen molar-refractivity contribution in [3.63, 3.8) is 0 Å². The van der Waals surface area contributed by atoms with Gasteiger partial charge in [0.15, 0.2) is 6.61 Å². The molecule has 0 radical (unpaired) electrons. The van der Waals surface area contributed by atoms with Crippen LogP contribution in [0.1, 0.15) is 28.8 Å². The molecule has 8 heteroatoms. The summed E-state index contributed by atoms with van der Waals surface area (Å²) < 4.78 is 13.0. The normalized spacial score (nSPS) is 14.0. The summed E-state index contributed by atoms with van der Waals surface area (Å²) in [6.07, 6.45) is 4.66. The Kier molecular flexibility index (Phi) is 7.24. The lowest BCUT2D eigenvalue weighted by molar-refractivity contribution is -0.134. The topological polar surface area (TPSA) is 85.7 Å². The number of piperidine rings is 1. The second-order valence-electron chi connectivity index (χ2n) is 8.07. The fourth-order valence-electron chi connectivity index (χ4n) is 3.69. The van der Waals surface area contributed by atoms with Crippen LogP contribution in [0.4, 0.5) is 0 Å². The monoisotopic (exact) mass is 448 g/mol. The number of aryl methyl sites for hydroxylation is 1. The fourth-order valence-corrected chi connectivity index (χ4v) is 3.69. The summed E-state index contributed by atoms with van der Waals surface area (Å²) in [5, 5.41) is 7.04. The third kappa shape index (κ3) is 6.35. The molecule has 8 nitrogen and oxygen atoms in total. The molecule has 1 aliphatic heterocycles. The number of ether oxygens (including phenoxy) is 2. The Labute approximate surface area is 193 Å². The first kappa shape index (κ1) is 22.4. The van der Waals surface area contributed by atoms with Crippen LogP contribution in [0.15, 0.2) is 67.0 Å². The van der Waals surface area contributed by atoms with Gasteiger partial charge >= 0.3 is 0 Å². The Balaban J connectivity index is 1.17. The minimum absolute atomic E-state index is 0.0169. The van der Waals surface area contributed by atoms with E-state index in [4.69, 9.17) is 9.47 Å². The highest BCUT2D eigenvalue weighted by molar-refractivity contribution is 5.93. The molecule has 0 spiro atoms. The van der Waals surface area contributed by atoms with E-state index in [1.54, 1.807) is 41.2 Å². The number of carbonyl (C=O) groups excluding carboxylic acids is 2. The second kappa shape index (κ2) is 10.7. The van der Waals surface area contributed by atoms with Gasteiger partial charge in [0, 0.05) is 32.4 Å². The smallest absolute Gasteiger partial charge is 0.260 e. The number of hydrogen-bond donors (Lipinski definition) is 1. The van der Waals surface area contributed by atoms with Crippen LogP contribution in [0.2, 0.25) is 0 Å². The van der Waals surface area contributed by atoms with E-state index in [0.717, 1.165) is 11.3 Å². The summed E-state index contributed by atoms with van der Waals surface area (Å²) in [6, 6.07) is 17.3. The van der Waals surface area contributed by atoms with Crippen LogP contribution in [0.25, 0.3) is 0 Å². The van der Waals surface area contributed by atoms with Gasteiger partial charge in [-0.1, -0.05) is 30.3 Å². The van der Waals surface area contributed by atoms with Crippen LogP contribution in [-0.4, -0.2) is 52.2 Å². The molecular formula is C25H28N4O4. The Morgan fingerprint density at radius 1 is 1.00 bits per heavy atom. The van der Waals surface area contributed by atoms with Gasteiger partial charge in [-0.25, -0.2) is 0 Å². The summed E-state index contributed by atoms with van der Waals surface area (Å²) in [7, 11) is 1.77. The molecule has 1 saturated heterocycles. The third-order valence-corrected chi connectivity index (χ3v) is 5.58. The average Bonchev–Trinajstić information content (AvgIpc) is 3.29. The van der Waals surface area contributed by atoms with Gasteiger partial charge in [0.1, 0.15) is 18.1 Å². The number of benzene rings is 2. The number of hydrogen-bond acceptors (Lipinski definition) is 5. The summed E-state index contributed by atoms with van der Waals surface area (Å²) in [5.74, 6) is 1.17. The van der Waals surface area contributed by atoms with Gasteiger partial charge < -0.3 is 19.7 Å². The van der Waals surface area contributed by atoms with Gasteiger partial charge in [-0.05, 0) is 42.7 Å². The summed E-state index contributed by atoms with van der Waals surface area (Å²) in [6.45, 7) is 1.66. The molecule has 2 amide bonds. The van der Waals surface area contributed by atoms with Crippen LogP contribution < -0.4 is 14.8 Å². The van der Waals surface area contributed by atoms with Crippen molar-refractivity contribution in [2.24, 2.45) is 7.05 Å². The van der Waals surface area contributed by atoms with Crippen molar-refractivity contribution >= 4 is 11.8 Å². The quantitative estimate of drug-likeness (QED) is 0.573. The summed E-state index contributed by atoms with van der Waals surface area (Å²) in [4.78, 5) is 26.6. The van der Waals surface area contributed by atoms with E-state index in [1.165, 1.54) is 0 Å². The molecule has 172 valence electrons. The van der Waals surface area contributed by atoms with Gasteiger partial charge in [-0.3, -0.25) is 14.3 Å². The van der Waals surface area contributed by atoms with Crippen molar-refractivity contribution < 1.29 is 19.1 Å². The Hall–Kier alpha value is -3.81. The lowest BCUT2D eigenvalue weighted by Crippen LogP contribution is -2.47. The number of nitrogens with zero attached hydrogens (tertiary/aromatic N) is 3. The minimum Gasteiger partial charge on any atom is -0.489 e. The second-order valence-corrected chi connectivity index (χ2v) is 8.07. The zero-order chi connectivity index (χ0) is 23.0. The summed E-state index contributed by atoms with van der Waals surface area (Å²) >= 11 is 0. The molecule has 3 aromatic rings. The molecule has 33 heavy (non-hydrogen) atoms. The van der Waals surface area contributed by atoms with E-state index in [9.17, 15) is 9.59 Å². The highest BCUT2D eigenvalue weighted by Gasteiger charge is 2.24. The minimum atomic E-state index is -0.132. The lowest BCUT2D eigenvalue weighted by Gasteiger charge is -2.32. The summed E-state index contributed by atoms with van der Waals surface area (Å²) in [5.41, 5.74) is 1.64. The van der Waals surface area contributed by atoms with Crippen LogP contribution in [-0.2, 0) is 18.4 Å². The maximum absolute atomic E-state index is 12.5. The molecule has 0 saturated carbocycles. The largest absolute Gasteiger partial charge is 0.489 e. The Morgan fingerprint density at radius 3 is 2.30 bits per heavy atom. The van der Waals surface area contributed by atoms with E-state index in [2.05, 4.69) is 10.4 Å². The predicted molar refractivity (Wildman–Crippen MR) is 123 cm³/mol. The van der Waals surface area contributed by atoms with Crippen molar-refractivity contribution in [1.29, 1.82) is 0 Å². The van der Waals surface area contributed by atoms with Crippen LogP contribution in [0, 0.1) is 0 Å². The van der Waals surface area contributed by atoms with E-state index in [0.29, 0.717) is 43.9 Å². The van der Waals surface area contributed by atoms with Crippen molar-refractivity contribution in [2.75, 3.05) is 19.7 Å². The number of carbonyl (C=O) groups is 2. The maximum atomic E-state index is 12.5. The van der Waals surface area contributed by atoms with Gasteiger partial charge in [0.05, 0.1) is 11.8 Å². The molecule has 4 rings (SSSR count). The van der Waals surface area contributed by atoms with Crippen LogP contribution in [0.5, 0.6) is 11.5 Å². The number of aromatic nitrogens is 2. The Morgan fingerprint density at radius 2 is 1.67 bits per heavy atom. The first-order chi connectivity index (χ1) is 16.1. The maximum Gasteiger partial charge on any atom is 0.260 e. The molecule has 0 aliphatic carbocycles. The van der Waals surface area contributed by atoms with E-state index in [-0.39, 0.29) is 24.5 Å². The van der Waals surface area contributed by atoms with Gasteiger partial charge in [-0.2, -0.15) is 5.10 Å². The number of amides is 2. The van der Waals surface area contributed by atoms with E-state index >= 15 is 0 Å². The highest BCUT2D eigenvalue weighted by Crippen LogP contribution is 2.19.